The summed E-state index contributed by atoms with van der Waals surface area (Å²) < 4.78 is 5.45. The molecule has 1 aromatic rings. The monoisotopic (exact) mass is 299 g/mol. The molecule has 0 bridgehead atoms. The van der Waals surface area contributed by atoms with Crippen molar-refractivity contribution in [1.29, 1.82) is 0 Å². The zero-order valence-electron chi connectivity index (χ0n) is 11.6. The Morgan fingerprint density at radius 3 is 2.50 bits per heavy atom. The first-order chi connectivity index (χ1) is 9.31. The second kappa shape index (κ2) is 7.14. The molecule has 0 saturated carbocycles. The number of aliphatic carboxylic acids is 1. The van der Waals surface area contributed by atoms with Gasteiger partial charge in [0.25, 0.3) is 5.91 Å². The topological polar surface area (TPSA) is 75.6 Å². The van der Waals surface area contributed by atoms with E-state index in [1.807, 2.05) is 0 Å². The van der Waals surface area contributed by atoms with E-state index in [0.29, 0.717) is 10.8 Å². The largest absolute Gasteiger partial charge is 0.481 e. The Balaban J connectivity index is 2.57. The quantitative estimate of drug-likeness (QED) is 0.845. The highest BCUT2D eigenvalue weighted by molar-refractivity contribution is 6.30. The van der Waals surface area contributed by atoms with E-state index in [9.17, 15) is 9.59 Å². The average molecular weight is 300 g/mol. The maximum Gasteiger partial charge on any atom is 0.308 e. The zero-order chi connectivity index (χ0) is 15.3. The number of rotatable bonds is 6. The molecule has 1 amide bonds. The van der Waals surface area contributed by atoms with Crippen LogP contribution in [0.1, 0.15) is 20.8 Å². The smallest absolute Gasteiger partial charge is 0.308 e. The summed E-state index contributed by atoms with van der Waals surface area (Å²) >= 11 is 5.82. The summed E-state index contributed by atoms with van der Waals surface area (Å²) in [6.07, 6.45) is -0.739. The van der Waals surface area contributed by atoms with Crippen LogP contribution in [0.3, 0.4) is 0 Å². The molecule has 0 heterocycles. The third kappa shape index (κ3) is 4.74. The maximum atomic E-state index is 11.9. The Morgan fingerprint density at radius 1 is 1.30 bits per heavy atom. The number of carbonyl (C=O) groups excluding carboxylic acids is 1. The van der Waals surface area contributed by atoms with Crippen LogP contribution in [0.4, 0.5) is 0 Å². The van der Waals surface area contributed by atoms with Crippen LogP contribution in [0, 0.1) is 5.92 Å². The Morgan fingerprint density at radius 2 is 1.95 bits per heavy atom. The van der Waals surface area contributed by atoms with E-state index in [1.165, 1.54) is 6.92 Å². The van der Waals surface area contributed by atoms with E-state index in [1.54, 1.807) is 38.1 Å². The van der Waals surface area contributed by atoms with Gasteiger partial charge in [0.1, 0.15) is 5.75 Å². The van der Waals surface area contributed by atoms with Gasteiger partial charge in [-0.25, -0.2) is 0 Å². The average Bonchev–Trinajstić information content (AvgIpc) is 2.37. The van der Waals surface area contributed by atoms with Crippen LogP contribution in [0.5, 0.6) is 5.75 Å². The molecule has 3 unspecified atom stereocenters. The van der Waals surface area contributed by atoms with Crippen LogP contribution in [-0.4, -0.2) is 29.1 Å². The summed E-state index contributed by atoms with van der Waals surface area (Å²) in [7, 11) is 0. The van der Waals surface area contributed by atoms with Crippen LogP contribution in [0.25, 0.3) is 0 Å². The van der Waals surface area contributed by atoms with Crippen LogP contribution < -0.4 is 10.1 Å². The van der Waals surface area contributed by atoms with Crippen molar-refractivity contribution in [3.8, 4) is 5.75 Å². The van der Waals surface area contributed by atoms with E-state index < -0.39 is 24.0 Å². The van der Waals surface area contributed by atoms with E-state index in [0.717, 1.165) is 0 Å². The number of hydrogen-bond donors (Lipinski definition) is 2. The molecular weight excluding hydrogens is 282 g/mol. The fraction of sp³-hybridized carbons (Fsp3) is 0.429. The third-order valence-electron chi connectivity index (χ3n) is 2.99. The summed E-state index contributed by atoms with van der Waals surface area (Å²) in [5.41, 5.74) is 0. The number of benzene rings is 1. The molecule has 3 atom stereocenters. The Hall–Kier alpha value is -1.75. The number of nitrogens with one attached hydrogen (secondary N) is 1. The maximum absolute atomic E-state index is 11.9. The van der Waals surface area contributed by atoms with Crippen LogP contribution >= 0.6 is 11.6 Å². The molecule has 0 aliphatic rings. The summed E-state index contributed by atoms with van der Waals surface area (Å²) in [6, 6.07) is 6.24. The van der Waals surface area contributed by atoms with Crippen molar-refractivity contribution in [1.82, 2.24) is 5.32 Å². The third-order valence-corrected chi connectivity index (χ3v) is 3.22. The number of ether oxygens (including phenoxy) is 1. The molecule has 0 saturated heterocycles. The van der Waals surface area contributed by atoms with Crippen molar-refractivity contribution in [3.05, 3.63) is 29.3 Å². The lowest BCUT2D eigenvalue weighted by atomic mass is 10.0. The highest BCUT2D eigenvalue weighted by Gasteiger charge is 2.23. The Bertz CT molecular complexity index is 492. The summed E-state index contributed by atoms with van der Waals surface area (Å²) in [4.78, 5) is 22.7. The highest BCUT2D eigenvalue weighted by atomic mass is 35.5. The van der Waals surface area contributed by atoms with E-state index in [2.05, 4.69) is 5.32 Å². The molecule has 110 valence electrons. The van der Waals surface area contributed by atoms with Gasteiger partial charge in [-0.1, -0.05) is 17.7 Å². The number of amides is 1. The number of hydrogen-bond acceptors (Lipinski definition) is 3. The molecule has 1 rings (SSSR count). The molecule has 2 N–H and O–H groups in total. The Kier molecular flexibility index (Phi) is 5.82. The summed E-state index contributed by atoms with van der Waals surface area (Å²) in [6.45, 7) is 4.77. The summed E-state index contributed by atoms with van der Waals surface area (Å²) in [5.74, 6) is -1.51. The molecule has 0 aliphatic carbocycles. The van der Waals surface area contributed by atoms with Gasteiger partial charge in [-0.15, -0.1) is 0 Å². The molecule has 20 heavy (non-hydrogen) atoms. The fourth-order valence-electron chi connectivity index (χ4n) is 1.48. The zero-order valence-corrected chi connectivity index (χ0v) is 12.3. The van der Waals surface area contributed by atoms with Gasteiger partial charge in [-0.05, 0) is 39.0 Å². The van der Waals surface area contributed by atoms with Crippen molar-refractivity contribution in [2.45, 2.75) is 32.9 Å². The van der Waals surface area contributed by atoms with Crippen molar-refractivity contribution < 1.29 is 19.4 Å². The van der Waals surface area contributed by atoms with Gasteiger partial charge in [0.15, 0.2) is 6.10 Å². The highest BCUT2D eigenvalue weighted by Crippen LogP contribution is 2.18. The number of carbonyl (C=O) groups is 2. The lowest BCUT2D eigenvalue weighted by Gasteiger charge is -2.21. The van der Waals surface area contributed by atoms with Crippen LogP contribution in [0.2, 0.25) is 5.02 Å². The molecule has 0 aromatic heterocycles. The fourth-order valence-corrected chi connectivity index (χ4v) is 1.66. The SMILES string of the molecule is CC(Oc1cccc(Cl)c1)C(=O)NC(C)C(C)C(=O)O. The first kappa shape index (κ1) is 16.3. The standard InChI is InChI=1S/C14H18ClNO4/c1-8(14(18)19)9(2)16-13(17)10(3)20-12-6-4-5-11(15)7-12/h4-10H,1-3H3,(H,16,17)(H,18,19). The van der Waals surface area contributed by atoms with Crippen LogP contribution in [-0.2, 0) is 9.59 Å². The van der Waals surface area contributed by atoms with Gasteiger partial charge >= 0.3 is 5.97 Å². The van der Waals surface area contributed by atoms with Crippen molar-refractivity contribution in [3.63, 3.8) is 0 Å². The lowest BCUT2D eigenvalue weighted by molar-refractivity contribution is -0.142. The van der Waals surface area contributed by atoms with E-state index in [4.69, 9.17) is 21.4 Å². The normalized spacial score (nSPS) is 15.0. The molecule has 5 nitrogen and oxygen atoms in total. The molecule has 0 radical (unpaired) electrons. The second-order valence-electron chi connectivity index (χ2n) is 4.64. The first-order valence-electron chi connectivity index (χ1n) is 6.26. The molecule has 0 aliphatic heterocycles. The molecule has 0 fully saturated rings. The van der Waals surface area contributed by atoms with Gasteiger partial charge in [0.2, 0.25) is 0 Å². The van der Waals surface area contributed by atoms with Gasteiger partial charge in [0.05, 0.1) is 5.92 Å². The van der Waals surface area contributed by atoms with Gasteiger partial charge in [-0.3, -0.25) is 9.59 Å². The lowest BCUT2D eigenvalue weighted by Crippen LogP contribution is -2.45. The van der Waals surface area contributed by atoms with Crippen molar-refractivity contribution >= 4 is 23.5 Å². The summed E-state index contributed by atoms with van der Waals surface area (Å²) in [5, 5.41) is 12.0. The molecular formula is C14H18ClNO4. The minimum Gasteiger partial charge on any atom is -0.481 e. The predicted molar refractivity (Wildman–Crippen MR) is 75.9 cm³/mol. The Labute approximate surface area is 122 Å². The second-order valence-corrected chi connectivity index (χ2v) is 5.08. The number of carboxylic acids is 1. The van der Waals surface area contributed by atoms with Crippen molar-refractivity contribution in [2.24, 2.45) is 5.92 Å². The predicted octanol–water partition coefficient (Wildman–Crippen LogP) is 2.33. The molecule has 6 heteroatoms. The van der Waals surface area contributed by atoms with Crippen LogP contribution in [0.15, 0.2) is 24.3 Å². The number of halogens is 1. The number of carboxylic acid groups (broad SMARTS) is 1. The van der Waals surface area contributed by atoms with E-state index >= 15 is 0 Å². The van der Waals surface area contributed by atoms with Gasteiger partial charge in [-0.2, -0.15) is 0 Å². The van der Waals surface area contributed by atoms with Gasteiger partial charge < -0.3 is 15.2 Å². The van der Waals surface area contributed by atoms with E-state index in [-0.39, 0.29) is 5.91 Å². The molecule has 1 aromatic carbocycles. The molecule has 0 spiro atoms. The first-order valence-corrected chi connectivity index (χ1v) is 6.64. The van der Waals surface area contributed by atoms with Gasteiger partial charge in [0, 0.05) is 11.1 Å². The minimum absolute atomic E-state index is 0.370. The minimum atomic E-state index is -0.957. The van der Waals surface area contributed by atoms with Crippen molar-refractivity contribution in [2.75, 3.05) is 0 Å².